The summed E-state index contributed by atoms with van der Waals surface area (Å²) in [7, 11) is 0. The summed E-state index contributed by atoms with van der Waals surface area (Å²) in [4.78, 5) is 0. The zero-order valence-electron chi connectivity index (χ0n) is 16.6. The quantitative estimate of drug-likeness (QED) is 0.511. The number of benzene rings is 2. The van der Waals surface area contributed by atoms with E-state index in [2.05, 4.69) is 19.1 Å². The lowest BCUT2D eigenvalue weighted by atomic mass is 9.91. The zero-order chi connectivity index (χ0) is 21.4. The average Bonchev–Trinajstić information content (AvgIpc) is 3.12. The van der Waals surface area contributed by atoms with E-state index in [0.29, 0.717) is 17.6 Å². The van der Waals surface area contributed by atoms with Crippen molar-refractivity contribution < 1.29 is 29.6 Å². The number of nitrogens with zero attached hydrogens (tertiary/aromatic N) is 1. The highest BCUT2D eigenvalue weighted by molar-refractivity contribution is 5.85. The molecule has 2 aromatic carbocycles. The van der Waals surface area contributed by atoms with E-state index in [1.807, 2.05) is 16.7 Å². The molecule has 1 aliphatic rings. The molecule has 5 atom stereocenters. The average molecular weight is 415 g/mol. The van der Waals surface area contributed by atoms with Crippen molar-refractivity contribution in [2.45, 2.75) is 50.4 Å². The fourth-order valence-electron chi connectivity index (χ4n) is 4.12. The number of fused-ring (bicyclic) bond motifs is 1. The Bertz CT molecular complexity index is 1020. The Morgan fingerprint density at radius 1 is 0.967 bits per heavy atom. The number of rotatable bonds is 5. The summed E-state index contributed by atoms with van der Waals surface area (Å²) in [6.45, 7) is 2.04. The van der Waals surface area contributed by atoms with E-state index in [1.54, 1.807) is 18.3 Å². The second-order valence-electron chi connectivity index (χ2n) is 7.77. The molecule has 4 N–H and O–H groups in total. The summed E-state index contributed by atoms with van der Waals surface area (Å²) in [5, 5.41) is 40.5. The van der Waals surface area contributed by atoms with Crippen molar-refractivity contribution in [3.63, 3.8) is 0 Å². The van der Waals surface area contributed by atoms with Crippen LogP contribution < -0.4 is 0 Å². The van der Waals surface area contributed by atoms with Gasteiger partial charge in [0.05, 0.1) is 12.1 Å². The van der Waals surface area contributed by atoms with Crippen LogP contribution in [0, 0.1) is 5.82 Å². The number of hydrogen-bond donors (Lipinski definition) is 4. The van der Waals surface area contributed by atoms with Crippen molar-refractivity contribution in [2.75, 3.05) is 6.61 Å². The van der Waals surface area contributed by atoms with Gasteiger partial charge in [0.25, 0.3) is 0 Å². The molecule has 30 heavy (non-hydrogen) atoms. The molecule has 0 bridgehead atoms. The van der Waals surface area contributed by atoms with Gasteiger partial charge in [-0.05, 0) is 29.7 Å². The van der Waals surface area contributed by atoms with Crippen molar-refractivity contribution in [3.8, 4) is 0 Å². The highest BCUT2D eigenvalue weighted by Crippen LogP contribution is 2.38. The van der Waals surface area contributed by atoms with Crippen molar-refractivity contribution in [1.82, 2.24) is 4.57 Å². The summed E-state index contributed by atoms with van der Waals surface area (Å²) in [5.41, 5.74) is 3.25. The Morgan fingerprint density at radius 2 is 1.67 bits per heavy atom. The Morgan fingerprint density at radius 3 is 2.33 bits per heavy atom. The van der Waals surface area contributed by atoms with E-state index in [1.165, 1.54) is 11.6 Å². The van der Waals surface area contributed by atoms with E-state index in [4.69, 9.17) is 4.74 Å². The van der Waals surface area contributed by atoms with Gasteiger partial charge in [-0.2, -0.15) is 0 Å². The maximum atomic E-state index is 14.8. The van der Waals surface area contributed by atoms with Crippen LogP contribution in [0.4, 0.5) is 4.39 Å². The molecule has 2 heterocycles. The number of halogens is 1. The highest BCUT2D eigenvalue weighted by Gasteiger charge is 2.45. The lowest BCUT2D eigenvalue weighted by molar-refractivity contribution is -0.231. The van der Waals surface area contributed by atoms with Crippen molar-refractivity contribution in [2.24, 2.45) is 0 Å². The molecule has 160 valence electrons. The van der Waals surface area contributed by atoms with Crippen molar-refractivity contribution in [3.05, 3.63) is 71.2 Å². The minimum Gasteiger partial charge on any atom is -0.394 e. The Kier molecular flexibility index (Phi) is 5.90. The fourth-order valence-corrected chi connectivity index (χ4v) is 4.12. The molecule has 6 nitrogen and oxygen atoms in total. The number of hydrogen-bond acceptors (Lipinski definition) is 5. The second-order valence-corrected chi connectivity index (χ2v) is 7.77. The van der Waals surface area contributed by atoms with Crippen LogP contribution in [0.2, 0.25) is 0 Å². The van der Waals surface area contributed by atoms with Gasteiger partial charge in [-0.1, -0.05) is 37.3 Å². The summed E-state index contributed by atoms with van der Waals surface area (Å²) in [5.74, 6) is -0.473. The van der Waals surface area contributed by atoms with Crippen LogP contribution in [0.15, 0.2) is 48.7 Å². The number of aliphatic hydroxyl groups is 4. The van der Waals surface area contributed by atoms with E-state index in [0.717, 1.165) is 12.0 Å². The van der Waals surface area contributed by atoms with E-state index in [-0.39, 0.29) is 5.39 Å². The first-order valence-corrected chi connectivity index (χ1v) is 10.1. The molecular weight excluding hydrogens is 389 g/mol. The van der Waals surface area contributed by atoms with Gasteiger partial charge in [-0.25, -0.2) is 4.39 Å². The Hall–Kier alpha value is -2.29. The maximum Gasteiger partial charge on any atom is 0.132 e. The smallest absolute Gasteiger partial charge is 0.132 e. The van der Waals surface area contributed by atoms with Crippen LogP contribution in [0.1, 0.15) is 29.7 Å². The Labute approximate surface area is 173 Å². The number of aryl methyl sites for hydroxylation is 1. The molecule has 0 radical (unpaired) electrons. The van der Waals surface area contributed by atoms with E-state index in [9.17, 15) is 24.8 Å². The van der Waals surface area contributed by atoms with Gasteiger partial charge < -0.3 is 29.7 Å². The van der Waals surface area contributed by atoms with E-state index >= 15 is 0 Å². The molecule has 0 saturated carbocycles. The molecule has 4 rings (SSSR count). The SMILES string of the molecule is CCc1ccc(Cn2cc([C@@H]3O[C@H](CO)[C@@H](O)[C@H](O)[C@H]3O)c3c(F)cccc32)cc1. The maximum absolute atomic E-state index is 14.8. The first-order chi connectivity index (χ1) is 14.4. The molecular formula is C23H26FNO5. The monoisotopic (exact) mass is 415 g/mol. The Balaban J connectivity index is 1.76. The van der Waals surface area contributed by atoms with Crippen LogP contribution in [0.3, 0.4) is 0 Å². The predicted octanol–water partition coefficient (Wildman–Crippen LogP) is 1.91. The molecule has 1 fully saturated rings. The molecule has 7 heteroatoms. The third-order valence-corrected chi connectivity index (χ3v) is 5.87. The number of ether oxygens (including phenoxy) is 1. The molecule has 1 aromatic heterocycles. The largest absolute Gasteiger partial charge is 0.394 e. The highest BCUT2D eigenvalue weighted by atomic mass is 19.1. The number of aliphatic hydroxyl groups excluding tert-OH is 4. The first kappa shape index (κ1) is 21.0. The third kappa shape index (κ3) is 3.64. The molecule has 0 amide bonds. The van der Waals surface area contributed by atoms with Crippen molar-refractivity contribution in [1.29, 1.82) is 0 Å². The topological polar surface area (TPSA) is 95.1 Å². The van der Waals surface area contributed by atoms with Crippen LogP contribution in [0.5, 0.6) is 0 Å². The van der Waals surface area contributed by atoms with Gasteiger partial charge in [0.2, 0.25) is 0 Å². The van der Waals surface area contributed by atoms with Gasteiger partial charge in [0, 0.05) is 23.7 Å². The third-order valence-electron chi connectivity index (χ3n) is 5.87. The van der Waals surface area contributed by atoms with Gasteiger partial charge in [-0.3, -0.25) is 0 Å². The predicted molar refractivity (Wildman–Crippen MR) is 110 cm³/mol. The van der Waals surface area contributed by atoms with E-state index < -0.39 is 42.9 Å². The lowest BCUT2D eigenvalue weighted by Gasteiger charge is -2.40. The summed E-state index contributed by atoms with van der Waals surface area (Å²) < 4.78 is 22.4. The molecule has 0 aliphatic carbocycles. The first-order valence-electron chi connectivity index (χ1n) is 10.1. The van der Waals surface area contributed by atoms with Crippen molar-refractivity contribution >= 4 is 10.9 Å². The fraction of sp³-hybridized carbons (Fsp3) is 0.391. The molecule has 0 spiro atoms. The van der Waals surface area contributed by atoms with Crippen LogP contribution in [-0.4, -0.2) is 56.0 Å². The minimum atomic E-state index is -1.52. The summed E-state index contributed by atoms with van der Waals surface area (Å²) in [6.07, 6.45) is -3.95. The second kappa shape index (κ2) is 8.45. The van der Waals surface area contributed by atoms with Gasteiger partial charge >= 0.3 is 0 Å². The van der Waals surface area contributed by atoms with Gasteiger partial charge in [0.1, 0.15) is 36.3 Å². The summed E-state index contributed by atoms with van der Waals surface area (Å²) >= 11 is 0. The molecule has 3 aromatic rings. The molecule has 1 saturated heterocycles. The molecule has 0 unspecified atom stereocenters. The van der Waals surface area contributed by atoms with Crippen LogP contribution in [-0.2, 0) is 17.7 Å². The van der Waals surface area contributed by atoms with Gasteiger partial charge in [0.15, 0.2) is 0 Å². The van der Waals surface area contributed by atoms with Crippen LogP contribution in [0.25, 0.3) is 10.9 Å². The van der Waals surface area contributed by atoms with Crippen LogP contribution >= 0.6 is 0 Å². The standard InChI is InChI=1S/C23H26FNO5/c1-2-13-6-8-14(9-7-13)10-25-11-15(19-16(24)4-3-5-17(19)25)23-22(29)21(28)20(27)18(12-26)30-23/h3-9,11,18,20-23,26-29H,2,10,12H2,1H3/t18-,20-,21+,22-,23+/m1/s1. The minimum absolute atomic E-state index is 0.284. The normalized spacial score (nSPS) is 26.9. The number of aromatic nitrogens is 1. The lowest BCUT2D eigenvalue weighted by Crippen LogP contribution is -2.55. The molecule has 1 aliphatic heterocycles. The summed E-state index contributed by atoms with van der Waals surface area (Å²) in [6, 6.07) is 12.9. The zero-order valence-corrected chi connectivity index (χ0v) is 16.6. The van der Waals surface area contributed by atoms with Gasteiger partial charge in [-0.15, -0.1) is 0 Å².